The fraction of sp³-hybridized carbons (Fsp3) is 0.348. The average molecular weight is 472 g/mol. The minimum atomic E-state index is -0.208. The second-order valence-electron chi connectivity index (χ2n) is 8.25. The summed E-state index contributed by atoms with van der Waals surface area (Å²) >= 11 is 1.19. The monoisotopic (exact) mass is 471 g/mol. The van der Waals surface area contributed by atoms with Crippen molar-refractivity contribution in [2.45, 2.75) is 31.3 Å². The van der Waals surface area contributed by atoms with Gasteiger partial charge in [0.25, 0.3) is 0 Å². The van der Waals surface area contributed by atoms with Gasteiger partial charge in [0.2, 0.25) is 11.1 Å². The minimum Gasteiger partial charge on any atom is -0.495 e. The first-order chi connectivity index (χ1) is 15.7. The molecule has 9 nitrogen and oxygen atoms in total. The van der Waals surface area contributed by atoms with Gasteiger partial charge < -0.3 is 25.4 Å². The van der Waals surface area contributed by atoms with E-state index in [4.69, 9.17) is 20.1 Å². The lowest BCUT2D eigenvalue weighted by Gasteiger charge is -2.21. The van der Waals surface area contributed by atoms with E-state index in [1.807, 2.05) is 24.3 Å². The molecule has 10 heteroatoms. The van der Waals surface area contributed by atoms with Crippen LogP contribution in [0.3, 0.4) is 0 Å². The predicted molar refractivity (Wildman–Crippen MR) is 130 cm³/mol. The van der Waals surface area contributed by atoms with Crippen LogP contribution < -0.4 is 25.4 Å². The zero-order valence-electron chi connectivity index (χ0n) is 19.6. The molecule has 0 aliphatic rings. The van der Waals surface area contributed by atoms with Crippen LogP contribution in [0.15, 0.2) is 41.6 Å². The normalized spacial score (nSPS) is 11.2. The number of nitrogens with zero attached hydrogens (tertiary/aromatic N) is 3. The zero-order valence-corrected chi connectivity index (χ0v) is 20.4. The zero-order chi connectivity index (χ0) is 24.2. The molecule has 0 bridgehead atoms. The molecule has 1 aromatic heterocycles. The molecule has 0 unspecified atom stereocenters. The number of methoxy groups -OCH3 is 3. The number of nitrogen functional groups attached to an aromatic ring is 1. The summed E-state index contributed by atoms with van der Waals surface area (Å²) < 4.78 is 17.3. The molecule has 3 N–H and O–H groups in total. The van der Waals surface area contributed by atoms with Crippen molar-refractivity contribution in [3.05, 3.63) is 42.0 Å². The molecule has 3 aromatic rings. The molecular formula is C23H29N5O4S. The molecule has 0 spiro atoms. The van der Waals surface area contributed by atoms with Crippen molar-refractivity contribution in [3.8, 4) is 28.6 Å². The number of hydrogen-bond donors (Lipinski definition) is 2. The highest BCUT2D eigenvalue weighted by Gasteiger charge is 2.19. The third kappa shape index (κ3) is 5.51. The molecule has 0 saturated carbocycles. The van der Waals surface area contributed by atoms with Crippen molar-refractivity contribution in [2.24, 2.45) is 0 Å². The van der Waals surface area contributed by atoms with Gasteiger partial charge in [-0.15, -0.1) is 10.2 Å². The molecule has 0 atom stereocenters. The van der Waals surface area contributed by atoms with Crippen LogP contribution in [0.2, 0.25) is 0 Å². The molecule has 0 saturated heterocycles. The lowest BCUT2D eigenvalue weighted by Crippen LogP contribution is -2.18. The first-order valence-electron chi connectivity index (χ1n) is 10.2. The molecule has 0 radical (unpaired) electrons. The number of ether oxygens (including phenoxy) is 3. The number of hydrogen-bond acceptors (Lipinski definition) is 8. The van der Waals surface area contributed by atoms with Crippen LogP contribution in [0, 0.1) is 0 Å². The fourth-order valence-electron chi connectivity index (χ4n) is 3.14. The van der Waals surface area contributed by atoms with Crippen molar-refractivity contribution in [2.75, 3.05) is 38.2 Å². The highest BCUT2D eigenvalue weighted by Crippen LogP contribution is 2.33. The smallest absolute Gasteiger partial charge is 0.234 e. The number of benzene rings is 2. The van der Waals surface area contributed by atoms with E-state index < -0.39 is 0 Å². The van der Waals surface area contributed by atoms with E-state index in [9.17, 15) is 4.79 Å². The van der Waals surface area contributed by atoms with Crippen LogP contribution in [-0.2, 0) is 10.2 Å². The number of nitrogens with one attached hydrogen (secondary N) is 1. The number of rotatable bonds is 8. The Morgan fingerprint density at radius 3 is 2.30 bits per heavy atom. The van der Waals surface area contributed by atoms with Crippen molar-refractivity contribution in [3.63, 3.8) is 0 Å². The van der Waals surface area contributed by atoms with Crippen LogP contribution in [-0.4, -0.2) is 47.9 Å². The molecule has 3 rings (SSSR count). The van der Waals surface area contributed by atoms with Crippen LogP contribution in [0.4, 0.5) is 5.69 Å². The Morgan fingerprint density at radius 1 is 1.00 bits per heavy atom. The minimum absolute atomic E-state index is 0.0585. The van der Waals surface area contributed by atoms with Gasteiger partial charge in [-0.2, -0.15) is 0 Å². The van der Waals surface area contributed by atoms with Gasteiger partial charge in [0, 0.05) is 5.56 Å². The summed E-state index contributed by atoms with van der Waals surface area (Å²) in [4.78, 5) is 12.6. The Hall–Kier alpha value is -3.40. The quantitative estimate of drug-likeness (QED) is 0.378. The van der Waals surface area contributed by atoms with E-state index in [0.29, 0.717) is 39.5 Å². The van der Waals surface area contributed by atoms with E-state index in [1.165, 1.54) is 16.4 Å². The Kier molecular flexibility index (Phi) is 7.37. The van der Waals surface area contributed by atoms with Crippen molar-refractivity contribution >= 4 is 23.4 Å². The molecule has 0 aliphatic carbocycles. The standard InChI is InChI=1S/C23H29N5O4S/c1-23(2,3)15-8-10-17(30-4)16(12-15)25-20(29)13-33-22-27-26-21(28(22)24)14-7-9-18(31-5)19(11-14)32-6/h7-12H,13,24H2,1-6H3,(H,25,29). The Bertz CT molecular complexity index is 1140. The molecule has 0 aliphatic heterocycles. The molecule has 33 heavy (non-hydrogen) atoms. The maximum atomic E-state index is 12.6. The molecule has 1 heterocycles. The van der Waals surface area contributed by atoms with Crippen molar-refractivity contribution < 1.29 is 19.0 Å². The van der Waals surface area contributed by atoms with Gasteiger partial charge in [-0.3, -0.25) is 4.79 Å². The molecule has 2 aromatic carbocycles. The Balaban J connectivity index is 1.72. The third-order valence-corrected chi connectivity index (χ3v) is 5.92. The third-order valence-electron chi connectivity index (χ3n) is 4.98. The summed E-state index contributed by atoms with van der Waals surface area (Å²) in [5.41, 5.74) is 2.36. The molecule has 0 fully saturated rings. The number of anilines is 1. The Labute approximate surface area is 197 Å². The van der Waals surface area contributed by atoms with Crippen LogP contribution in [0.5, 0.6) is 17.2 Å². The van der Waals surface area contributed by atoms with Gasteiger partial charge >= 0.3 is 0 Å². The summed E-state index contributed by atoms with van der Waals surface area (Å²) in [6.45, 7) is 6.33. The van der Waals surface area contributed by atoms with Crippen LogP contribution >= 0.6 is 11.8 Å². The lowest BCUT2D eigenvalue weighted by molar-refractivity contribution is -0.113. The number of carbonyl (C=O) groups excluding carboxylic acids is 1. The van der Waals surface area contributed by atoms with E-state index in [2.05, 4.69) is 36.3 Å². The van der Waals surface area contributed by atoms with Gasteiger partial charge in [0.05, 0.1) is 32.8 Å². The number of aromatic nitrogens is 3. The summed E-state index contributed by atoms with van der Waals surface area (Å²) in [5.74, 6) is 8.28. The Morgan fingerprint density at radius 2 is 1.67 bits per heavy atom. The van der Waals surface area contributed by atoms with Gasteiger partial charge in [-0.1, -0.05) is 38.6 Å². The van der Waals surface area contributed by atoms with Gasteiger partial charge in [0.15, 0.2) is 17.3 Å². The highest BCUT2D eigenvalue weighted by molar-refractivity contribution is 7.99. The fourth-order valence-corrected chi connectivity index (χ4v) is 3.79. The maximum Gasteiger partial charge on any atom is 0.234 e. The number of amides is 1. The summed E-state index contributed by atoms with van der Waals surface area (Å²) in [7, 11) is 4.70. The van der Waals surface area contributed by atoms with E-state index >= 15 is 0 Å². The SMILES string of the molecule is COc1ccc(C(C)(C)C)cc1NC(=O)CSc1nnc(-c2ccc(OC)c(OC)c2)n1N. The van der Waals surface area contributed by atoms with E-state index in [1.54, 1.807) is 33.5 Å². The van der Waals surface area contributed by atoms with Crippen LogP contribution in [0.25, 0.3) is 11.4 Å². The van der Waals surface area contributed by atoms with Gasteiger partial charge in [0.1, 0.15) is 5.75 Å². The number of nitrogens with two attached hydrogens (primary N) is 1. The van der Waals surface area contributed by atoms with E-state index in [0.717, 1.165) is 5.56 Å². The van der Waals surface area contributed by atoms with E-state index in [-0.39, 0.29) is 17.1 Å². The second kappa shape index (κ2) is 10.0. The lowest BCUT2D eigenvalue weighted by atomic mass is 9.87. The predicted octanol–water partition coefficient (Wildman–Crippen LogP) is 3.71. The van der Waals surface area contributed by atoms with Gasteiger partial charge in [-0.25, -0.2) is 4.68 Å². The van der Waals surface area contributed by atoms with Gasteiger partial charge in [-0.05, 0) is 41.3 Å². The summed E-state index contributed by atoms with van der Waals surface area (Å²) in [6.07, 6.45) is 0. The average Bonchev–Trinajstić information content (AvgIpc) is 3.16. The first kappa shape index (κ1) is 24.2. The largest absolute Gasteiger partial charge is 0.495 e. The molecule has 176 valence electrons. The molecule has 1 amide bonds. The van der Waals surface area contributed by atoms with Crippen molar-refractivity contribution in [1.29, 1.82) is 0 Å². The number of carbonyl (C=O) groups is 1. The maximum absolute atomic E-state index is 12.6. The first-order valence-corrected chi connectivity index (χ1v) is 11.2. The van der Waals surface area contributed by atoms with Crippen LogP contribution in [0.1, 0.15) is 26.3 Å². The summed E-state index contributed by atoms with van der Waals surface area (Å²) in [5, 5.41) is 11.6. The highest BCUT2D eigenvalue weighted by atomic mass is 32.2. The van der Waals surface area contributed by atoms with Crippen molar-refractivity contribution in [1.82, 2.24) is 14.9 Å². The second-order valence-corrected chi connectivity index (χ2v) is 9.19. The summed E-state index contributed by atoms with van der Waals surface area (Å²) in [6, 6.07) is 11.1. The topological polar surface area (TPSA) is 114 Å². The molecular weight excluding hydrogens is 442 g/mol. The number of thioether (sulfide) groups is 1.